The number of halogens is 2. The van der Waals surface area contributed by atoms with E-state index in [9.17, 15) is 4.79 Å². The lowest BCUT2D eigenvalue weighted by atomic mass is 10.1. The molecule has 1 aromatic rings. The van der Waals surface area contributed by atoms with E-state index < -0.39 is 12.3 Å². The largest absolute Gasteiger partial charge is 0.465 e. The number of hydrogen-bond acceptors (Lipinski definition) is 4. The van der Waals surface area contributed by atoms with Gasteiger partial charge in [0, 0.05) is 5.56 Å². The summed E-state index contributed by atoms with van der Waals surface area (Å²) in [6.07, 6.45) is -1.69. The van der Waals surface area contributed by atoms with Gasteiger partial charge in [0.25, 0.3) is 0 Å². The molecule has 0 aliphatic heterocycles. The second-order valence-corrected chi connectivity index (χ2v) is 3.54. The second kappa shape index (κ2) is 4.81. The van der Waals surface area contributed by atoms with E-state index in [1.807, 2.05) is 0 Å². The van der Waals surface area contributed by atoms with E-state index in [2.05, 4.69) is 4.74 Å². The topological polar surface area (TPSA) is 66.8 Å². The zero-order valence-corrected chi connectivity index (χ0v) is 9.21. The fourth-order valence-electron chi connectivity index (χ4n) is 1.04. The van der Waals surface area contributed by atoms with Crippen LogP contribution in [0.4, 0.5) is 0 Å². The van der Waals surface area contributed by atoms with Crippen LogP contribution in [0.15, 0.2) is 12.1 Å². The lowest BCUT2D eigenvalue weighted by Crippen LogP contribution is -2.05. The third kappa shape index (κ3) is 2.60. The number of methoxy groups -OCH3 is 1. The molecule has 1 aromatic carbocycles. The number of carbonyl (C=O) groups is 1. The molecule has 82 valence electrons. The van der Waals surface area contributed by atoms with Gasteiger partial charge in [0.15, 0.2) is 6.29 Å². The van der Waals surface area contributed by atoms with Crippen molar-refractivity contribution in [3.8, 4) is 0 Å². The SMILES string of the molecule is COC(=O)c1c(Cl)cc(C(O)O)cc1Cl. The highest BCUT2D eigenvalue weighted by atomic mass is 35.5. The van der Waals surface area contributed by atoms with E-state index in [1.165, 1.54) is 19.2 Å². The normalized spacial score (nSPS) is 10.5. The number of hydrogen-bond donors (Lipinski definition) is 2. The van der Waals surface area contributed by atoms with E-state index in [0.717, 1.165) is 0 Å². The molecule has 0 aliphatic carbocycles. The summed E-state index contributed by atoms with van der Waals surface area (Å²) in [5, 5.41) is 17.8. The van der Waals surface area contributed by atoms with Gasteiger partial charge >= 0.3 is 5.97 Å². The maximum absolute atomic E-state index is 11.2. The third-order valence-electron chi connectivity index (χ3n) is 1.75. The summed E-state index contributed by atoms with van der Waals surface area (Å²) in [5.41, 5.74) is 0.114. The number of esters is 1. The quantitative estimate of drug-likeness (QED) is 0.620. The lowest BCUT2D eigenvalue weighted by Gasteiger charge is -2.09. The van der Waals surface area contributed by atoms with E-state index in [1.54, 1.807) is 0 Å². The highest BCUT2D eigenvalue weighted by molar-refractivity contribution is 6.39. The average molecular weight is 251 g/mol. The standard InChI is InChI=1S/C9H8Cl2O4/c1-15-9(14)7-5(10)2-4(8(12)13)3-6(7)11/h2-3,8,12-13H,1H3. The zero-order chi connectivity index (χ0) is 11.6. The van der Waals surface area contributed by atoms with Gasteiger partial charge < -0.3 is 14.9 Å². The summed E-state index contributed by atoms with van der Waals surface area (Å²) in [6.45, 7) is 0. The molecular weight excluding hydrogens is 243 g/mol. The Balaban J connectivity index is 3.27. The minimum absolute atomic E-state index is 0.00485. The molecule has 0 spiro atoms. The van der Waals surface area contributed by atoms with E-state index in [4.69, 9.17) is 33.4 Å². The molecule has 0 amide bonds. The molecule has 0 bridgehead atoms. The molecule has 0 saturated heterocycles. The number of aliphatic hydroxyl groups excluding tert-OH is 1. The Morgan fingerprint density at radius 3 is 2.13 bits per heavy atom. The Hall–Kier alpha value is -0.810. The first-order valence-electron chi connectivity index (χ1n) is 3.90. The zero-order valence-electron chi connectivity index (χ0n) is 7.70. The summed E-state index contributed by atoms with van der Waals surface area (Å²) < 4.78 is 4.47. The Morgan fingerprint density at radius 1 is 1.33 bits per heavy atom. The van der Waals surface area contributed by atoms with Crippen LogP contribution >= 0.6 is 23.2 Å². The summed E-state index contributed by atoms with van der Waals surface area (Å²) in [5.74, 6) is -0.677. The van der Waals surface area contributed by atoms with Gasteiger partial charge in [-0.1, -0.05) is 23.2 Å². The van der Waals surface area contributed by atoms with Crippen molar-refractivity contribution < 1.29 is 19.7 Å². The molecule has 0 atom stereocenters. The van der Waals surface area contributed by atoms with Crippen LogP contribution in [0.25, 0.3) is 0 Å². The molecule has 0 heterocycles. The van der Waals surface area contributed by atoms with Crippen LogP contribution in [0.5, 0.6) is 0 Å². The first-order valence-corrected chi connectivity index (χ1v) is 4.66. The number of ether oxygens (including phenoxy) is 1. The van der Waals surface area contributed by atoms with E-state index >= 15 is 0 Å². The maximum Gasteiger partial charge on any atom is 0.340 e. The van der Waals surface area contributed by atoms with Crippen molar-refractivity contribution in [3.05, 3.63) is 33.3 Å². The van der Waals surface area contributed by atoms with Gasteiger partial charge in [-0.3, -0.25) is 0 Å². The Kier molecular flexibility index (Phi) is 3.93. The van der Waals surface area contributed by atoms with Crippen LogP contribution in [0.1, 0.15) is 22.2 Å². The van der Waals surface area contributed by atoms with Gasteiger partial charge in [0.2, 0.25) is 0 Å². The van der Waals surface area contributed by atoms with Crippen LogP contribution in [0, 0.1) is 0 Å². The van der Waals surface area contributed by atoms with Crippen molar-refractivity contribution >= 4 is 29.2 Å². The van der Waals surface area contributed by atoms with Crippen molar-refractivity contribution in [3.63, 3.8) is 0 Å². The predicted molar refractivity (Wildman–Crippen MR) is 55.0 cm³/mol. The molecule has 4 nitrogen and oxygen atoms in total. The van der Waals surface area contributed by atoms with Crippen LogP contribution in [0.2, 0.25) is 10.0 Å². The minimum Gasteiger partial charge on any atom is -0.465 e. The Bertz CT molecular complexity index is 367. The van der Waals surface area contributed by atoms with Gasteiger partial charge in [0.05, 0.1) is 22.7 Å². The molecule has 15 heavy (non-hydrogen) atoms. The molecular formula is C9H8Cl2O4. The number of rotatable bonds is 2. The van der Waals surface area contributed by atoms with Crippen LogP contribution in [-0.4, -0.2) is 23.3 Å². The fourth-order valence-corrected chi connectivity index (χ4v) is 1.70. The van der Waals surface area contributed by atoms with Crippen molar-refractivity contribution in [1.29, 1.82) is 0 Å². The maximum atomic E-state index is 11.2. The van der Waals surface area contributed by atoms with Gasteiger partial charge in [-0.15, -0.1) is 0 Å². The molecule has 0 radical (unpaired) electrons. The Labute approximate surface area is 96.0 Å². The summed E-state index contributed by atoms with van der Waals surface area (Å²) >= 11 is 11.5. The van der Waals surface area contributed by atoms with Gasteiger partial charge in [-0.05, 0) is 12.1 Å². The average Bonchev–Trinajstić information content (AvgIpc) is 2.16. The monoisotopic (exact) mass is 250 g/mol. The summed E-state index contributed by atoms with van der Waals surface area (Å²) in [6, 6.07) is 2.48. The molecule has 0 aliphatic rings. The molecule has 0 aromatic heterocycles. The van der Waals surface area contributed by atoms with Crippen molar-refractivity contribution in [2.24, 2.45) is 0 Å². The smallest absolute Gasteiger partial charge is 0.340 e. The fraction of sp³-hybridized carbons (Fsp3) is 0.222. The van der Waals surface area contributed by atoms with Crippen molar-refractivity contribution in [2.45, 2.75) is 6.29 Å². The van der Waals surface area contributed by atoms with Crippen molar-refractivity contribution in [2.75, 3.05) is 7.11 Å². The summed E-state index contributed by atoms with van der Waals surface area (Å²) in [4.78, 5) is 11.2. The highest BCUT2D eigenvalue weighted by Gasteiger charge is 2.18. The molecule has 0 unspecified atom stereocenters. The molecule has 2 N–H and O–H groups in total. The highest BCUT2D eigenvalue weighted by Crippen LogP contribution is 2.29. The van der Waals surface area contributed by atoms with Crippen LogP contribution in [0.3, 0.4) is 0 Å². The van der Waals surface area contributed by atoms with E-state index in [-0.39, 0.29) is 21.2 Å². The van der Waals surface area contributed by atoms with Crippen LogP contribution < -0.4 is 0 Å². The number of aliphatic hydroxyl groups is 2. The molecule has 1 rings (SSSR count). The third-order valence-corrected chi connectivity index (χ3v) is 2.35. The predicted octanol–water partition coefficient (Wildman–Crippen LogP) is 1.76. The van der Waals surface area contributed by atoms with Crippen molar-refractivity contribution in [1.82, 2.24) is 0 Å². The van der Waals surface area contributed by atoms with Gasteiger partial charge in [-0.2, -0.15) is 0 Å². The Morgan fingerprint density at radius 2 is 1.80 bits per heavy atom. The molecule has 0 saturated carbocycles. The number of carbonyl (C=O) groups excluding carboxylic acids is 1. The van der Waals surface area contributed by atoms with Gasteiger partial charge in [0.1, 0.15) is 0 Å². The second-order valence-electron chi connectivity index (χ2n) is 2.72. The first kappa shape index (κ1) is 12.3. The van der Waals surface area contributed by atoms with E-state index in [0.29, 0.717) is 0 Å². The lowest BCUT2D eigenvalue weighted by molar-refractivity contribution is -0.0425. The molecule has 0 fully saturated rings. The van der Waals surface area contributed by atoms with Crippen LogP contribution in [-0.2, 0) is 4.74 Å². The number of benzene rings is 1. The van der Waals surface area contributed by atoms with Gasteiger partial charge in [-0.25, -0.2) is 4.79 Å². The molecule has 6 heteroatoms. The summed E-state index contributed by atoms with van der Waals surface area (Å²) in [7, 11) is 1.20. The first-order chi connectivity index (χ1) is 6.97. The minimum atomic E-state index is -1.69.